The number of carbonyl (C=O) groups excluding carboxylic acids is 1. The van der Waals surface area contributed by atoms with Crippen LogP contribution in [0.5, 0.6) is 0 Å². The molecule has 0 amide bonds. The molecule has 0 bridgehead atoms. The highest BCUT2D eigenvalue weighted by Crippen LogP contribution is 2.33. The summed E-state index contributed by atoms with van der Waals surface area (Å²) in [4.78, 5) is 14.0. The van der Waals surface area contributed by atoms with Gasteiger partial charge >= 0.3 is 0 Å². The zero-order chi connectivity index (χ0) is 17.2. The van der Waals surface area contributed by atoms with Gasteiger partial charge < -0.3 is 4.90 Å². The normalized spacial score (nSPS) is 12.3. The highest BCUT2D eigenvalue weighted by molar-refractivity contribution is 6.79. The maximum Gasteiger partial charge on any atom is 0.253 e. The Morgan fingerprint density at radius 2 is 1.87 bits per heavy atom. The van der Waals surface area contributed by atoms with Crippen molar-refractivity contribution in [3.63, 3.8) is 0 Å². The molecule has 0 radical (unpaired) electrons. The number of ketones is 1. The van der Waals surface area contributed by atoms with Gasteiger partial charge in [-0.2, -0.15) is 4.68 Å². The van der Waals surface area contributed by atoms with E-state index in [1.807, 2.05) is 0 Å². The van der Waals surface area contributed by atoms with Crippen LogP contribution in [0.25, 0.3) is 11.3 Å². The first-order valence-corrected chi connectivity index (χ1v) is 7.38. The van der Waals surface area contributed by atoms with E-state index >= 15 is 0 Å². The second-order valence-corrected chi connectivity index (χ2v) is 7.01. The Morgan fingerprint density at radius 1 is 1.26 bits per heavy atom. The van der Waals surface area contributed by atoms with Gasteiger partial charge in [-0.3, -0.25) is 4.79 Å². The van der Waals surface area contributed by atoms with Gasteiger partial charge in [-0.05, 0) is 34.7 Å². The molecule has 0 fully saturated rings. The second-order valence-electron chi connectivity index (χ2n) is 4.72. The first-order chi connectivity index (χ1) is 10.7. The van der Waals surface area contributed by atoms with Gasteiger partial charge in [0.1, 0.15) is 5.82 Å². The van der Waals surface area contributed by atoms with Gasteiger partial charge in [0.15, 0.2) is 5.82 Å². The molecule has 10 heteroatoms. The maximum atomic E-state index is 13.1. The molecule has 0 spiro atoms. The summed E-state index contributed by atoms with van der Waals surface area (Å²) in [5.41, 5.74) is 0.456. The molecule has 0 N–H and O–H groups in total. The number of tetrazole rings is 1. The smallest absolute Gasteiger partial charge is 0.253 e. The average Bonchev–Trinajstić information content (AvgIpc) is 2.92. The second kappa shape index (κ2) is 6.82. The number of carbonyl (C=O) groups is 1. The van der Waals surface area contributed by atoms with Crippen molar-refractivity contribution in [3.8, 4) is 5.69 Å². The highest BCUT2D eigenvalue weighted by Gasteiger charge is 2.36. The molecule has 2 rings (SSSR count). The van der Waals surface area contributed by atoms with Crippen LogP contribution in [0, 0.1) is 5.82 Å². The molecule has 1 heterocycles. The summed E-state index contributed by atoms with van der Waals surface area (Å²) < 4.78 is 12.1. The molecule has 1 aromatic heterocycles. The van der Waals surface area contributed by atoms with E-state index in [-0.39, 0.29) is 11.4 Å². The van der Waals surface area contributed by atoms with Crippen LogP contribution in [-0.4, -0.2) is 48.8 Å². The van der Waals surface area contributed by atoms with E-state index in [9.17, 15) is 9.18 Å². The molecule has 0 unspecified atom stereocenters. The third kappa shape index (κ3) is 4.19. The van der Waals surface area contributed by atoms with Crippen molar-refractivity contribution in [2.75, 3.05) is 14.1 Å². The largest absolute Gasteiger partial charge is 0.383 e. The van der Waals surface area contributed by atoms with Crippen LogP contribution in [0.1, 0.15) is 5.82 Å². The summed E-state index contributed by atoms with van der Waals surface area (Å²) in [6.07, 6.45) is 1.44. The molecule has 0 saturated carbocycles. The van der Waals surface area contributed by atoms with Crippen LogP contribution < -0.4 is 0 Å². The van der Waals surface area contributed by atoms with Crippen LogP contribution >= 0.6 is 34.8 Å². The molecular weight excluding hydrogens is 368 g/mol. The number of aromatic nitrogens is 4. The number of hydrogen-bond acceptors (Lipinski definition) is 5. The van der Waals surface area contributed by atoms with Crippen molar-refractivity contribution in [3.05, 3.63) is 42.1 Å². The minimum atomic E-state index is -2.17. The summed E-state index contributed by atoms with van der Waals surface area (Å²) in [6, 6.07) is 5.41. The Labute approximate surface area is 146 Å². The predicted molar refractivity (Wildman–Crippen MR) is 86.1 cm³/mol. The predicted octanol–water partition coefficient (Wildman–Crippen LogP) is 2.64. The minimum absolute atomic E-state index is 0.00400. The van der Waals surface area contributed by atoms with Gasteiger partial charge in [0, 0.05) is 20.3 Å². The van der Waals surface area contributed by atoms with E-state index in [0.717, 1.165) is 0 Å². The van der Waals surface area contributed by atoms with Crippen LogP contribution in [0.3, 0.4) is 0 Å². The fraction of sp³-hybridized carbons (Fsp3) is 0.231. The molecule has 0 aliphatic carbocycles. The molecular formula is C13H11Cl3FN5O. The Kier molecular flexibility index (Phi) is 5.23. The number of benzene rings is 1. The van der Waals surface area contributed by atoms with Crippen LogP contribution in [0.15, 0.2) is 30.5 Å². The number of rotatable bonds is 4. The standard InChI is InChI=1S/C13H11Cl3FN5O/c1-21(2)7-10(11(23)13(14,15)16)12-18-19-20-22(12)9-5-3-8(17)4-6-9/h3-7H,1-2H3/b10-7-. The Balaban J connectivity index is 2.56. The van der Waals surface area contributed by atoms with Gasteiger partial charge in [0.2, 0.25) is 5.78 Å². The van der Waals surface area contributed by atoms with Crippen LogP contribution in [0.2, 0.25) is 0 Å². The third-order valence-corrected chi connectivity index (χ3v) is 3.19. The zero-order valence-electron chi connectivity index (χ0n) is 12.0. The van der Waals surface area contributed by atoms with E-state index < -0.39 is 15.4 Å². The van der Waals surface area contributed by atoms with Crippen molar-refractivity contribution < 1.29 is 9.18 Å². The highest BCUT2D eigenvalue weighted by atomic mass is 35.6. The zero-order valence-corrected chi connectivity index (χ0v) is 14.3. The van der Waals surface area contributed by atoms with Crippen molar-refractivity contribution in [1.82, 2.24) is 25.1 Å². The number of allylic oxidation sites excluding steroid dienone is 1. The first-order valence-electron chi connectivity index (χ1n) is 6.24. The molecule has 2 aromatic rings. The molecule has 23 heavy (non-hydrogen) atoms. The lowest BCUT2D eigenvalue weighted by atomic mass is 10.1. The van der Waals surface area contributed by atoms with E-state index in [0.29, 0.717) is 5.69 Å². The van der Waals surface area contributed by atoms with E-state index in [1.165, 1.54) is 35.1 Å². The molecule has 6 nitrogen and oxygen atoms in total. The van der Waals surface area contributed by atoms with Gasteiger partial charge in [0.05, 0.1) is 11.3 Å². The quantitative estimate of drug-likeness (QED) is 0.604. The van der Waals surface area contributed by atoms with Crippen LogP contribution in [0.4, 0.5) is 4.39 Å². The Morgan fingerprint density at radius 3 is 2.39 bits per heavy atom. The first kappa shape index (κ1) is 17.7. The Bertz CT molecular complexity index is 737. The van der Waals surface area contributed by atoms with Crippen molar-refractivity contribution in [1.29, 1.82) is 0 Å². The fourth-order valence-electron chi connectivity index (χ4n) is 1.74. The third-order valence-electron chi connectivity index (χ3n) is 2.67. The van der Waals surface area contributed by atoms with Gasteiger partial charge in [-0.25, -0.2) is 4.39 Å². The summed E-state index contributed by atoms with van der Waals surface area (Å²) >= 11 is 17.1. The van der Waals surface area contributed by atoms with Gasteiger partial charge in [0.25, 0.3) is 3.79 Å². The molecule has 0 atom stereocenters. The van der Waals surface area contributed by atoms with E-state index in [1.54, 1.807) is 19.0 Å². The summed E-state index contributed by atoms with van der Waals surface area (Å²) in [5.74, 6) is -1.12. The minimum Gasteiger partial charge on any atom is -0.383 e. The summed E-state index contributed by atoms with van der Waals surface area (Å²) in [5, 5.41) is 11.2. The summed E-state index contributed by atoms with van der Waals surface area (Å²) in [6.45, 7) is 0. The van der Waals surface area contributed by atoms with Crippen molar-refractivity contribution >= 4 is 46.2 Å². The van der Waals surface area contributed by atoms with Gasteiger partial charge in [-0.15, -0.1) is 5.10 Å². The number of Topliss-reactive ketones (excluding diaryl/α,β-unsaturated/α-hetero) is 1. The number of alkyl halides is 3. The maximum absolute atomic E-state index is 13.1. The Hall–Kier alpha value is -1.70. The number of halogens is 4. The SMILES string of the molecule is CN(C)/C=C(/C(=O)C(Cl)(Cl)Cl)c1nnnn1-c1ccc(F)cc1. The van der Waals surface area contributed by atoms with Gasteiger partial charge in [-0.1, -0.05) is 34.8 Å². The van der Waals surface area contributed by atoms with Crippen molar-refractivity contribution in [2.45, 2.75) is 3.79 Å². The molecule has 0 saturated heterocycles. The molecule has 1 aromatic carbocycles. The van der Waals surface area contributed by atoms with Crippen LogP contribution in [-0.2, 0) is 4.79 Å². The topological polar surface area (TPSA) is 63.9 Å². The fourth-order valence-corrected chi connectivity index (χ4v) is 2.05. The number of nitrogens with zero attached hydrogens (tertiary/aromatic N) is 5. The lowest BCUT2D eigenvalue weighted by molar-refractivity contribution is -0.113. The molecule has 0 aliphatic rings. The summed E-state index contributed by atoms with van der Waals surface area (Å²) in [7, 11) is 3.38. The van der Waals surface area contributed by atoms with Crippen molar-refractivity contribution in [2.24, 2.45) is 0 Å². The lowest BCUT2D eigenvalue weighted by Crippen LogP contribution is -2.23. The average molecular weight is 379 g/mol. The monoisotopic (exact) mass is 377 g/mol. The molecule has 0 aliphatic heterocycles. The van der Waals surface area contributed by atoms with E-state index in [2.05, 4.69) is 15.5 Å². The lowest BCUT2D eigenvalue weighted by Gasteiger charge is -2.15. The van der Waals surface area contributed by atoms with E-state index in [4.69, 9.17) is 34.8 Å². The molecule has 122 valence electrons. The number of hydrogen-bond donors (Lipinski definition) is 0.